The number of ether oxygens (including phenoxy) is 2. The molecule has 0 aliphatic carbocycles. The summed E-state index contributed by atoms with van der Waals surface area (Å²) in [5.74, 6) is 0.513. The zero-order valence-electron chi connectivity index (χ0n) is 14.0. The lowest BCUT2D eigenvalue weighted by Gasteiger charge is -2.36. The Balaban J connectivity index is 0.00000441. The first-order chi connectivity index (χ1) is 9.83. The third-order valence-corrected chi connectivity index (χ3v) is 2.97. The Labute approximate surface area is 150 Å². The van der Waals surface area contributed by atoms with Crippen molar-refractivity contribution >= 4 is 36.0 Å². The largest absolute Gasteiger partial charge is 0.444 e. The molecule has 1 fully saturated rings. The Bertz CT molecular complexity index is 364. The van der Waals surface area contributed by atoms with Gasteiger partial charge >= 0.3 is 6.09 Å². The van der Waals surface area contributed by atoms with E-state index in [1.165, 1.54) is 0 Å². The molecule has 1 heterocycles. The summed E-state index contributed by atoms with van der Waals surface area (Å²) in [6.45, 7) is 11.9. The molecule has 0 aromatic heterocycles. The predicted molar refractivity (Wildman–Crippen MR) is 97.8 cm³/mol. The monoisotopic (exact) mass is 428 g/mol. The van der Waals surface area contributed by atoms with Crippen LogP contribution in [0.4, 0.5) is 4.79 Å². The number of nitrogens with zero attached hydrogens (tertiary/aromatic N) is 3. The maximum Gasteiger partial charge on any atom is 0.410 e. The van der Waals surface area contributed by atoms with Gasteiger partial charge in [-0.05, 0) is 27.7 Å². The lowest BCUT2D eigenvalue weighted by Crippen LogP contribution is -2.53. The van der Waals surface area contributed by atoms with E-state index in [-0.39, 0.29) is 30.1 Å². The van der Waals surface area contributed by atoms with Crippen molar-refractivity contribution in [1.82, 2.24) is 9.80 Å². The number of rotatable bonds is 4. The highest BCUT2D eigenvalue weighted by Gasteiger charge is 2.26. The van der Waals surface area contributed by atoms with Gasteiger partial charge in [-0.15, -0.1) is 24.0 Å². The lowest BCUT2D eigenvalue weighted by molar-refractivity contribution is 0.0186. The summed E-state index contributed by atoms with van der Waals surface area (Å²) in [5, 5.41) is 0. The third kappa shape index (κ3) is 8.02. The van der Waals surface area contributed by atoms with Crippen molar-refractivity contribution in [1.29, 1.82) is 0 Å². The summed E-state index contributed by atoms with van der Waals surface area (Å²) in [7, 11) is 0. The Morgan fingerprint density at radius 3 is 2.23 bits per heavy atom. The van der Waals surface area contributed by atoms with E-state index in [4.69, 9.17) is 15.2 Å². The van der Waals surface area contributed by atoms with E-state index in [0.717, 1.165) is 0 Å². The molecule has 1 aliphatic rings. The van der Waals surface area contributed by atoms with Crippen LogP contribution in [-0.2, 0) is 9.47 Å². The maximum atomic E-state index is 11.9. The van der Waals surface area contributed by atoms with Crippen LogP contribution in [0.25, 0.3) is 0 Å². The fourth-order valence-corrected chi connectivity index (χ4v) is 1.91. The highest BCUT2D eigenvalue weighted by Crippen LogP contribution is 2.11. The second kappa shape index (κ2) is 10.1. The molecular weight excluding hydrogens is 399 g/mol. The summed E-state index contributed by atoms with van der Waals surface area (Å²) in [5.41, 5.74) is 5.48. The molecule has 1 saturated heterocycles. The number of nitrogens with two attached hydrogens (primary N) is 1. The van der Waals surface area contributed by atoms with E-state index in [1.54, 1.807) is 4.90 Å². The van der Waals surface area contributed by atoms with E-state index in [1.807, 2.05) is 32.6 Å². The number of aliphatic imine (C=N–C) groups is 1. The number of halogens is 1. The molecule has 8 heteroatoms. The molecule has 0 bridgehead atoms. The van der Waals surface area contributed by atoms with Crippen molar-refractivity contribution in [3.05, 3.63) is 0 Å². The first-order valence-electron chi connectivity index (χ1n) is 7.44. The van der Waals surface area contributed by atoms with Gasteiger partial charge in [0.15, 0.2) is 5.96 Å². The zero-order chi connectivity index (χ0) is 15.9. The van der Waals surface area contributed by atoms with E-state index >= 15 is 0 Å². The molecule has 0 saturated carbocycles. The van der Waals surface area contributed by atoms with E-state index in [9.17, 15) is 4.79 Å². The number of carbonyl (C=O) groups is 1. The fourth-order valence-electron chi connectivity index (χ4n) is 1.91. The van der Waals surface area contributed by atoms with Gasteiger partial charge in [0.2, 0.25) is 0 Å². The third-order valence-electron chi connectivity index (χ3n) is 2.97. The average molecular weight is 428 g/mol. The Morgan fingerprint density at radius 2 is 1.73 bits per heavy atom. The summed E-state index contributed by atoms with van der Waals surface area (Å²) < 4.78 is 10.6. The molecule has 130 valence electrons. The number of hydrogen-bond acceptors (Lipinski definition) is 4. The minimum Gasteiger partial charge on any atom is -0.444 e. The Morgan fingerprint density at radius 1 is 1.18 bits per heavy atom. The molecule has 1 aliphatic heterocycles. The minimum absolute atomic E-state index is 0. The number of guanidine groups is 1. The quantitative estimate of drug-likeness (QED) is 0.318. The number of amides is 1. The molecule has 1 rings (SSSR count). The van der Waals surface area contributed by atoms with Crippen molar-refractivity contribution < 1.29 is 14.3 Å². The second-order valence-corrected chi connectivity index (χ2v) is 5.89. The van der Waals surface area contributed by atoms with Crippen LogP contribution in [0, 0.1) is 0 Å². The first kappa shape index (κ1) is 21.2. The van der Waals surface area contributed by atoms with Gasteiger partial charge in [-0.3, -0.25) is 4.99 Å². The number of piperazine rings is 1. The summed E-state index contributed by atoms with van der Waals surface area (Å²) >= 11 is 0. The molecule has 0 spiro atoms. The van der Waals surface area contributed by atoms with Gasteiger partial charge < -0.3 is 25.0 Å². The molecule has 1 amide bonds. The van der Waals surface area contributed by atoms with Gasteiger partial charge in [0.05, 0.1) is 13.2 Å². The highest BCUT2D eigenvalue weighted by molar-refractivity contribution is 14.0. The SMILES string of the molecule is CCOCCN=C(N)N1CCN(C(=O)OC(C)(C)C)CC1.I. The number of carbonyl (C=O) groups excluding carboxylic acids is 1. The second-order valence-electron chi connectivity index (χ2n) is 5.89. The molecule has 2 N–H and O–H groups in total. The van der Waals surface area contributed by atoms with Crippen LogP contribution >= 0.6 is 24.0 Å². The van der Waals surface area contributed by atoms with Crippen molar-refractivity contribution in [2.75, 3.05) is 45.9 Å². The summed E-state index contributed by atoms with van der Waals surface area (Å²) in [6.07, 6.45) is -0.269. The van der Waals surface area contributed by atoms with E-state index in [0.29, 0.717) is 51.9 Å². The van der Waals surface area contributed by atoms with Crippen molar-refractivity contribution in [2.24, 2.45) is 10.7 Å². The van der Waals surface area contributed by atoms with Gasteiger partial charge in [-0.25, -0.2) is 4.79 Å². The molecule has 7 nitrogen and oxygen atoms in total. The van der Waals surface area contributed by atoms with Crippen molar-refractivity contribution in [3.8, 4) is 0 Å². The van der Waals surface area contributed by atoms with Crippen LogP contribution in [0.1, 0.15) is 27.7 Å². The fraction of sp³-hybridized carbons (Fsp3) is 0.857. The molecule has 0 aromatic rings. The molecular formula is C14H29IN4O3. The lowest BCUT2D eigenvalue weighted by atomic mass is 10.2. The average Bonchev–Trinajstić information content (AvgIpc) is 2.41. The van der Waals surface area contributed by atoms with Gasteiger partial charge in [-0.1, -0.05) is 0 Å². The van der Waals surface area contributed by atoms with Gasteiger partial charge in [0, 0.05) is 32.8 Å². The highest BCUT2D eigenvalue weighted by atomic mass is 127. The van der Waals surface area contributed by atoms with Crippen LogP contribution in [-0.4, -0.2) is 73.4 Å². The molecule has 0 atom stereocenters. The Kier molecular flexibility index (Phi) is 9.74. The molecule has 0 unspecified atom stereocenters. The summed E-state index contributed by atoms with van der Waals surface area (Å²) in [6, 6.07) is 0. The summed E-state index contributed by atoms with van der Waals surface area (Å²) in [4.78, 5) is 19.9. The predicted octanol–water partition coefficient (Wildman–Crippen LogP) is 1.51. The van der Waals surface area contributed by atoms with E-state index in [2.05, 4.69) is 4.99 Å². The Hall–Kier alpha value is -0.770. The maximum absolute atomic E-state index is 11.9. The standard InChI is InChI=1S/C14H28N4O3.HI/c1-5-20-11-6-16-12(15)17-7-9-18(10-8-17)13(19)21-14(2,3)4;/h5-11H2,1-4H3,(H2,15,16);1H. The minimum atomic E-state index is -0.464. The van der Waals surface area contributed by atoms with Crippen molar-refractivity contribution in [3.63, 3.8) is 0 Å². The number of hydrogen-bond donors (Lipinski definition) is 1. The molecule has 0 radical (unpaired) electrons. The topological polar surface area (TPSA) is 80.4 Å². The van der Waals surface area contributed by atoms with Crippen LogP contribution in [0.5, 0.6) is 0 Å². The van der Waals surface area contributed by atoms with Gasteiger partial charge in [0.25, 0.3) is 0 Å². The first-order valence-corrected chi connectivity index (χ1v) is 7.44. The van der Waals surface area contributed by atoms with Gasteiger partial charge in [-0.2, -0.15) is 0 Å². The smallest absolute Gasteiger partial charge is 0.410 e. The van der Waals surface area contributed by atoms with Gasteiger partial charge in [0.1, 0.15) is 5.60 Å². The van der Waals surface area contributed by atoms with E-state index < -0.39 is 5.60 Å². The van der Waals surface area contributed by atoms with Crippen LogP contribution in [0.3, 0.4) is 0 Å². The van der Waals surface area contributed by atoms with Crippen LogP contribution in [0.2, 0.25) is 0 Å². The molecule has 22 heavy (non-hydrogen) atoms. The zero-order valence-corrected chi connectivity index (χ0v) is 16.3. The molecule has 0 aromatic carbocycles. The van der Waals surface area contributed by atoms with Crippen LogP contribution < -0.4 is 5.73 Å². The normalized spacial score (nSPS) is 16.3. The van der Waals surface area contributed by atoms with Crippen molar-refractivity contribution in [2.45, 2.75) is 33.3 Å². The van der Waals surface area contributed by atoms with Crippen LogP contribution in [0.15, 0.2) is 4.99 Å².